The Balaban J connectivity index is 1.51. The quantitative estimate of drug-likeness (QED) is 0.0284. The molecule has 592 valence electrons. The van der Waals surface area contributed by atoms with Crippen LogP contribution in [0.25, 0.3) is 0 Å². The van der Waals surface area contributed by atoms with E-state index in [0.717, 1.165) is 78.1 Å². The zero-order valence-corrected chi connectivity index (χ0v) is 59.8. The minimum atomic E-state index is -3.39. The number of allylic oxidation sites excluding steroid dienone is 3. The fourth-order valence-electron chi connectivity index (χ4n) is 13.2. The number of ether oxygens (including phenoxy) is 8. The Morgan fingerprint density at radius 2 is 0.990 bits per heavy atom. The Labute approximate surface area is 598 Å². The summed E-state index contributed by atoms with van der Waals surface area (Å²) in [6.07, 6.45) is -7.25. The van der Waals surface area contributed by atoms with Crippen LogP contribution < -0.4 is 16.0 Å². The molecule has 0 saturated carbocycles. The van der Waals surface area contributed by atoms with Crippen molar-refractivity contribution in [2.24, 2.45) is 0 Å². The van der Waals surface area contributed by atoms with Gasteiger partial charge in [0.25, 0.3) is 11.6 Å². The van der Waals surface area contributed by atoms with Crippen molar-refractivity contribution in [1.82, 2.24) is 16.0 Å². The molecule has 102 heavy (non-hydrogen) atoms. The fraction of sp³-hybridized carbons (Fsp3) is 0.871. The number of carboxylic acids is 2. The van der Waals surface area contributed by atoms with E-state index in [1.165, 1.54) is 83.5 Å². The van der Waals surface area contributed by atoms with Gasteiger partial charge in [-0.1, -0.05) is 154 Å². The van der Waals surface area contributed by atoms with Crippen LogP contribution in [0.1, 0.15) is 207 Å². The molecule has 0 aliphatic carbocycles. The Bertz CT molecular complexity index is 2450. The molecule has 4 heterocycles. The number of hydrogen-bond acceptors (Lipinski definition) is 27. The smallest absolute Gasteiger partial charge is 0.364 e. The number of aliphatic hydroxyl groups is 14. The topological polar surface area (TPSA) is 519 Å². The standard InChI is InChI=1S/C70H123N3O29/c1-5-7-9-11-13-15-17-19-20-22-24-26-28-30-32-34-52(84)73-44(45(80)33-31-29-27-25-23-21-18-16-14-12-10-8-6-2)41-95-65-59(89)58(88)61(51(40-77)97-65)98-66-60(90)64(56(86)49(38-75)96-66)102-70(68(93)94)36-47(82)54(72-43(4)79)63(101-70)57(87)50(39-76)99-69(67(91)92)35-46(81)53(71-42(3)78)62(100-69)55(85)48(83)37-74/h19-20,31,33,44-51,53-66,74-77,80-83,85-90H,5-18,21-30,32,34-41H2,1-4H3,(H,71,78)(H,72,79)(H,73,84)(H,91,92)(H,93,94)/t44-,45+,46-,47-,48+,49+,50+,51+,53+,54+,55+,56-,57+,58+,59+,60+,61+,62?,63?,64-,65+,66-,69+,70-/m0/s1. The van der Waals surface area contributed by atoms with Crippen molar-refractivity contribution in [3.63, 3.8) is 0 Å². The SMILES string of the molecule is CCCCCCCCC=CCCCCCCCC(=O)N[C@@H](CO[C@@H]1O[C@H](CO)[C@@H](O[C@@H]2O[C@H](CO)[C@H](O)[C@H](O[C@]3(C(=O)O)C[C@H](O)[C@@H](NC(C)=O)C([C@H](O)[C@@H](CO)O[C@]4(C(=O)O)C[C@H](O)[C@@H](NC(C)=O)C([C@H](O)[C@H](O)CO)O4)O3)[C@H]2O)[C@H](O)[C@H]1O)[C@H](O)C=CCCCCCCCCCCCCC. The summed E-state index contributed by atoms with van der Waals surface area (Å²) in [5, 5.41) is 185. The lowest BCUT2D eigenvalue weighted by Crippen LogP contribution is -2.72. The first-order valence-electron chi connectivity index (χ1n) is 36.9. The molecular weight excluding hydrogens is 1350 g/mol. The molecule has 0 aromatic carbocycles. The summed E-state index contributed by atoms with van der Waals surface area (Å²) in [5.74, 6) is -13.1. The Kier molecular flexibility index (Phi) is 42.2. The third-order valence-corrected chi connectivity index (χ3v) is 19.1. The average Bonchev–Trinajstić information content (AvgIpc) is 0.755. The molecule has 2 unspecified atom stereocenters. The molecule has 0 radical (unpaired) electrons. The van der Waals surface area contributed by atoms with Crippen molar-refractivity contribution in [3.05, 3.63) is 24.3 Å². The van der Waals surface area contributed by atoms with Gasteiger partial charge in [-0.2, -0.15) is 0 Å². The van der Waals surface area contributed by atoms with Crippen LogP contribution in [0.4, 0.5) is 0 Å². The lowest BCUT2D eigenvalue weighted by molar-refractivity contribution is -0.388. The maximum absolute atomic E-state index is 13.6. The predicted octanol–water partition coefficient (Wildman–Crippen LogP) is 0.115. The Morgan fingerprint density at radius 1 is 0.529 bits per heavy atom. The van der Waals surface area contributed by atoms with Crippen LogP contribution in [0, 0.1) is 0 Å². The van der Waals surface area contributed by atoms with Gasteiger partial charge in [0.15, 0.2) is 12.6 Å². The molecule has 4 rings (SSSR count). The van der Waals surface area contributed by atoms with Crippen molar-refractivity contribution < 1.29 is 144 Å². The zero-order chi connectivity index (χ0) is 75.5. The molecule has 4 saturated heterocycles. The van der Waals surface area contributed by atoms with Gasteiger partial charge in [0.2, 0.25) is 17.7 Å². The lowest BCUT2D eigenvalue weighted by Gasteiger charge is -2.51. The normalized spacial score (nSPS) is 31.8. The molecule has 4 aliphatic heterocycles. The van der Waals surface area contributed by atoms with Crippen LogP contribution in [0.3, 0.4) is 0 Å². The summed E-state index contributed by atoms with van der Waals surface area (Å²) in [7, 11) is 0. The van der Waals surface area contributed by atoms with Crippen LogP contribution in [0.2, 0.25) is 0 Å². The monoisotopic (exact) mass is 1470 g/mol. The molecule has 4 fully saturated rings. The van der Waals surface area contributed by atoms with Crippen molar-refractivity contribution >= 4 is 29.7 Å². The third kappa shape index (κ3) is 28.3. The van der Waals surface area contributed by atoms with E-state index in [0.29, 0.717) is 12.8 Å². The lowest BCUT2D eigenvalue weighted by atomic mass is 9.87. The molecule has 3 amide bonds. The number of rotatable bonds is 51. The van der Waals surface area contributed by atoms with Crippen LogP contribution in [0.5, 0.6) is 0 Å². The number of aliphatic hydroxyl groups excluding tert-OH is 14. The van der Waals surface area contributed by atoms with Crippen molar-refractivity contribution in [1.29, 1.82) is 0 Å². The van der Waals surface area contributed by atoms with E-state index in [2.05, 4.69) is 41.9 Å². The highest BCUT2D eigenvalue weighted by atomic mass is 16.8. The second-order valence-corrected chi connectivity index (χ2v) is 27.5. The van der Waals surface area contributed by atoms with E-state index in [9.17, 15) is 106 Å². The number of nitrogens with one attached hydrogen (secondary N) is 3. The van der Waals surface area contributed by atoms with E-state index in [1.807, 2.05) is 6.08 Å². The summed E-state index contributed by atoms with van der Waals surface area (Å²) >= 11 is 0. The number of hydrogen-bond donors (Lipinski definition) is 19. The van der Waals surface area contributed by atoms with Crippen LogP contribution >= 0.6 is 0 Å². The first-order chi connectivity index (χ1) is 48.7. The van der Waals surface area contributed by atoms with Gasteiger partial charge in [0.1, 0.15) is 85.5 Å². The molecule has 19 N–H and O–H groups in total. The van der Waals surface area contributed by atoms with E-state index >= 15 is 0 Å². The molecule has 32 nitrogen and oxygen atoms in total. The number of aliphatic carboxylic acids is 2. The summed E-state index contributed by atoms with van der Waals surface area (Å²) in [6.45, 7) is 1.07. The summed E-state index contributed by atoms with van der Waals surface area (Å²) in [6, 6.07) is -4.74. The van der Waals surface area contributed by atoms with Gasteiger partial charge >= 0.3 is 11.9 Å². The van der Waals surface area contributed by atoms with Crippen molar-refractivity contribution in [2.45, 2.75) is 354 Å². The first-order valence-corrected chi connectivity index (χ1v) is 36.9. The van der Waals surface area contributed by atoms with Gasteiger partial charge in [-0.15, -0.1) is 0 Å². The van der Waals surface area contributed by atoms with E-state index in [-0.39, 0.29) is 12.3 Å². The van der Waals surface area contributed by atoms with Crippen LogP contribution in [-0.4, -0.2) is 290 Å². The molecular formula is C70H123N3O29. The Morgan fingerprint density at radius 3 is 1.47 bits per heavy atom. The maximum atomic E-state index is 13.6. The molecule has 4 aliphatic rings. The van der Waals surface area contributed by atoms with Gasteiger partial charge in [0.05, 0.1) is 69.5 Å². The number of carbonyl (C=O) groups is 5. The largest absolute Gasteiger partial charge is 0.477 e. The summed E-state index contributed by atoms with van der Waals surface area (Å²) in [5.41, 5.74) is 0. The third-order valence-electron chi connectivity index (χ3n) is 19.1. The molecule has 0 aromatic heterocycles. The highest BCUT2D eigenvalue weighted by Crippen LogP contribution is 2.41. The van der Waals surface area contributed by atoms with Crippen LogP contribution in [0.15, 0.2) is 24.3 Å². The van der Waals surface area contributed by atoms with Crippen molar-refractivity contribution in [3.8, 4) is 0 Å². The fourth-order valence-corrected chi connectivity index (χ4v) is 13.2. The maximum Gasteiger partial charge on any atom is 0.364 e. The Hall–Kier alpha value is -4.05. The average molecular weight is 1470 g/mol. The zero-order valence-electron chi connectivity index (χ0n) is 59.8. The van der Waals surface area contributed by atoms with Gasteiger partial charge < -0.3 is 136 Å². The van der Waals surface area contributed by atoms with E-state index in [1.54, 1.807) is 6.08 Å². The van der Waals surface area contributed by atoms with Gasteiger partial charge in [-0.25, -0.2) is 9.59 Å². The number of amides is 3. The van der Waals surface area contributed by atoms with E-state index in [4.69, 9.17) is 37.9 Å². The second kappa shape index (κ2) is 47.6. The molecule has 24 atom stereocenters. The molecule has 0 bridgehead atoms. The minimum absolute atomic E-state index is 0.141. The van der Waals surface area contributed by atoms with Crippen LogP contribution in [-0.2, 0) is 61.9 Å². The number of carbonyl (C=O) groups excluding carboxylic acids is 3. The molecule has 32 heteroatoms. The molecule has 0 spiro atoms. The minimum Gasteiger partial charge on any atom is -0.477 e. The summed E-state index contributed by atoms with van der Waals surface area (Å²) < 4.78 is 46.4. The van der Waals surface area contributed by atoms with Crippen molar-refractivity contribution in [2.75, 3.05) is 33.0 Å². The second-order valence-electron chi connectivity index (χ2n) is 27.5. The highest BCUT2D eigenvalue weighted by Gasteiger charge is 2.62. The van der Waals surface area contributed by atoms with E-state index < -0.39 is 216 Å². The summed E-state index contributed by atoms with van der Waals surface area (Å²) in [4.78, 5) is 64.9. The molecule has 0 aromatic rings. The van der Waals surface area contributed by atoms with Gasteiger partial charge in [-0.05, 0) is 44.9 Å². The predicted molar refractivity (Wildman–Crippen MR) is 363 cm³/mol. The number of unbranched alkanes of at least 4 members (excludes halogenated alkanes) is 22. The van der Waals surface area contributed by atoms with Gasteiger partial charge in [0, 0.05) is 33.1 Å². The first kappa shape index (κ1) is 90.3. The number of carboxylic acid groups (broad SMARTS) is 2. The highest BCUT2D eigenvalue weighted by molar-refractivity contribution is 5.78. The van der Waals surface area contributed by atoms with Gasteiger partial charge in [-0.3, -0.25) is 14.4 Å².